The Kier molecular flexibility index (Phi) is 3.45. The Bertz CT molecular complexity index is 307. The number of nitrogens with two attached hydrogens (primary N) is 1. The largest absolute Gasteiger partial charge is 0.392 e. The highest BCUT2D eigenvalue weighted by Crippen LogP contribution is 2.46. The highest BCUT2D eigenvalue weighted by molar-refractivity contribution is 7.99. The zero-order chi connectivity index (χ0) is 11.8. The molecule has 5 heteroatoms. The maximum absolute atomic E-state index is 12.2. The van der Waals surface area contributed by atoms with Crippen molar-refractivity contribution in [2.75, 3.05) is 11.5 Å². The Morgan fingerprint density at radius 2 is 2.25 bits per heavy atom. The van der Waals surface area contributed by atoms with Gasteiger partial charge in [0.1, 0.15) is 0 Å². The molecule has 1 aliphatic heterocycles. The average Bonchev–Trinajstić information content (AvgIpc) is 2.64. The lowest BCUT2D eigenvalue weighted by molar-refractivity contribution is -0.133. The molecule has 90 valence electrons. The van der Waals surface area contributed by atoms with Crippen LogP contribution in [0, 0.1) is 11.3 Å². The van der Waals surface area contributed by atoms with Crippen LogP contribution in [0.5, 0.6) is 0 Å². The normalized spacial score (nSPS) is 37.8. The van der Waals surface area contributed by atoms with E-state index in [1.165, 1.54) is 0 Å². The van der Waals surface area contributed by atoms with Gasteiger partial charge in [-0.2, -0.15) is 11.8 Å². The minimum atomic E-state index is -0.540. The summed E-state index contributed by atoms with van der Waals surface area (Å²) in [7, 11) is 0. The van der Waals surface area contributed by atoms with Gasteiger partial charge < -0.3 is 11.1 Å². The summed E-state index contributed by atoms with van der Waals surface area (Å²) in [6, 6.07) is 0.319. The standard InChI is InChI=1S/C11H18N2OS2/c1-7-4-11(5-7,9(12)15)10(14)13-8-2-3-16-6-8/h7-8H,2-6H2,1H3,(H2,12,15)(H,13,14). The van der Waals surface area contributed by atoms with Gasteiger partial charge in [0.15, 0.2) is 0 Å². The Morgan fingerprint density at radius 1 is 1.56 bits per heavy atom. The van der Waals surface area contributed by atoms with Gasteiger partial charge in [-0.25, -0.2) is 0 Å². The monoisotopic (exact) mass is 258 g/mol. The van der Waals surface area contributed by atoms with E-state index in [1.54, 1.807) is 0 Å². The maximum atomic E-state index is 12.2. The molecule has 1 atom stereocenters. The summed E-state index contributed by atoms with van der Waals surface area (Å²) in [5, 5.41) is 3.10. The fraction of sp³-hybridized carbons (Fsp3) is 0.818. The number of carbonyl (C=O) groups is 1. The molecule has 2 aliphatic rings. The Balaban J connectivity index is 1.98. The zero-order valence-electron chi connectivity index (χ0n) is 9.49. The van der Waals surface area contributed by atoms with Crippen LogP contribution < -0.4 is 11.1 Å². The van der Waals surface area contributed by atoms with Crippen molar-refractivity contribution in [3.63, 3.8) is 0 Å². The topological polar surface area (TPSA) is 55.1 Å². The average molecular weight is 258 g/mol. The van der Waals surface area contributed by atoms with Crippen LogP contribution in [0.1, 0.15) is 26.2 Å². The molecule has 0 spiro atoms. The molecule has 0 radical (unpaired) electrons. The van der Waals surface area contributed by atoms with E-state index in [9.17, 15) is 4.79 Å². The third-order valence-corrected chi connectivity index (χ3v) is 5.12. The summed E-state index contributed by atoms with van der Waals surface area (Å²) in [5.41, 5.74) is 5.20. The molecule has 0 bridgehead atoms. The molecule has 1 unspecified atom stereocenters. The first-order chi connectivity index (χ1) is 7.54. The number of hydrogen-bond donors (Lipinski definition) is 2. The van der Waals surface area contributed by atoms with Crippen LogP contribution in [-0.4, -0.2) is 28.4 Å². The van der Waals surface area contributed by atoms with Crippen LogP contribution in [0.2, 0.25) is 0 Å². The minimum Gasteiger partial charge on any atom is -0.392 e. The molecule has 1 aliphatic carbocycles. The molecule has 3 nitrogen and oxygen atoms in total. The first kappa shape index (κ1) is 12.2. The van der Waals surface area contributed by atoms with Crippen LogP contribution in [0.3, 0.4) is 0 Å². The number of rotatable bonds is 3. The molecule has 16 heavy (non-hydrogen) atoms. The third kappa shape index (κ3) is 2.07. The van der Waals surface area contributed by atoms with Gasteiger partial charge in [-0.3, -0.25) is 4.79 Å². The van der Waals surface area contributed by atoms with E-state index in [0.717, 1.165) is 30.8 Å². The Hall–Kier alpha value is -0.290. The van der Waals surface area contributed by atoms with Gasteiger partial charge in [-0.05, 0) is 30.9 Å². The van der Waals surface area contributed by atoms with Crippen molar-refractivity contribution < 1.29 is 4.79 Å². The van der Waals surface area contributed by atoms with E-state index in [2.05, 4.69) is 12.2 Å². The second-order valence-electron chi connectivity index (χ2n) is 4.99. The molecule has 1 saturated heterocycles. The molecule has 1 saturated carbocycles. The summed E-state index contributed by atoms with van der Waals surface area (Å²) < 4.78 is 0. The number of thioether (sulfide) groups is 1. The van der Waals surface area contributed by atoms with Crippen LogP contribution in [0.25, 0.3) is 0 Å². The van der Waals surface area contributed by atoms with E-state index in [1.807, 2.05) is 11.8 Å². The molecule has 2 fully saturated rings. The lowest BCUT2D eigenvalue weighted by Crippen LogP contribution is -2.57. The van der Waals surface area contributed by atoms with E-state index in [4.69, 9.17) is 18.0 Å². The summed E-state index contributed by atoms with van der Waals surface area (Å²) >= 11 is 6.95. The molecule has 2 rings (SSSR count). The van der Waals surface area contributed by atoms with E-state index in [-0.39, 0.29) is 5.91 Å². The molecule has 1 heterocycles. The van der Waals surface area contributed by atoms with Gasteiger partial charge in [0.05, 0.1) is 10.4 Å². The number of hydrogen-bond acceptors (Lipinski definition) is 3. The van der Waals surface area contributed by atoms with Crippen LogP contribution in [-0.2, 0) is 4.79 Å². The van der Waals surface area contributed by atoms with Crippen molar-refractivity contribution in [1.82, 2.24) is 5.32 Å². The minimum absolute atomic E-state index is 0.0607. The van der Waals surface area contributed by atoms with Gasteiger partial charge in [-0.1, -0.05) is 19.1 Å². The van der Waals surface area contributed by atoms with Crippen molar-refractivity contribution in [3.8, 4) is 0 Å². The third-order valence-electron chi connectivity index (χ3n) is 3.57. The van der Waals surface area contributed by atoms with Gasteiger partial charge in [0.2, 0.25) is 5.91 Å². The van der Waals surface area contributed by atoms with Crippen molar-refractivity contribution >= 4 is 34.9 Å². The summed E-state index contributed by atoms with van der Waals surface area (Å²) in [5.74, 6) is 2.78. The second kappa shape index (κ2) is 4.53. The van der Waals surface area contributed by atoms with Crippen molar-refractivity contribution in [2.24, 2.45) is 17.1 Å². The van der Waals surface area contributed by atoms with Gasteiger partial charge in [-0.15, -0.1) is 0 Å². The summed E-state index contributed by atoms with van der Waals surface area (Å²) in [6.45, 7) is 2.13. The lowest BCUT2D eigenvalue weighted by atomic mass is 9.62. The first-order valence-electron chi connectivity index (χ1n) is 5.73. The SMILES string of the molecule is CC1CC(C(=O)NC2CCSC2)(C(N)=S)C1. The van der Waals surface area contributed by atoms with Crippen LogP contribution in [0.15, 0.2) is 0 Å². The number of amides is 1. The Labute approximate surface area is 106 Å². The number of carbonyl (C=O) groups excluding carboxylic acids is 1. The molecular formula is C11H18N2OS2. The smallest absolute Gasteiger partial charge is 0.233 e. The fourth-order valence-electron chi connectivity index (χ4n) is 2.60. The van der Waals surface area contributed by atoms with E-state index >= 15 is 0 Å². The lowest BCUT2D eigenvalue weighted by Gasteiger charge is -2.44. The predicted octanol–water partition coefficient (Wildman–Crippen LogP) is 1.31. The summed E-state index contributed by atoms with van der Waals surface area (Å²) in [4.78, 5) is 12.6. The quantitative estimate of drug-likeness (QED) is 0.750. The van der Waals surface area contributed by atoms with Crippen molar-refractivity contribution in [2.45, 2.75) is 32.2 Å². The molecule has 0 aromatic carbocycles. The van der Waals surface area contributed by atoms with Gasteiger partial charge in [0, 0.05) is 11.8 Å². The zero-order valence-corrected chi connectivity index (χ0v) is 11.1. The van der Waals surface area contributed by atoms with Crippen LogP contribution in [0.4, 0.5) is 0 Å². The Morgan fingerprint density at radius 3 is 2.69 bits per heavy atom. The highest BCUT2D eigenvalue weighted by Gasteiger charge is 2.51. The van der Waals surface area contributed by atoms with Crippen molar-refractivity contribution in [1.29, 1.82) is 0 Å². The van der Waals surface area contributed by atoms with Gasteiger partial charge in [0.25, 0.3) is 0 Å². The predicted molar refractivity (Wildman–Crippen MR) is 71.5 cm³/mol. The molecule has 0 aromatic heterocycles. The van der Waals surface area contributed by atoms with Crippen LogP contribution >= 0.6 is 24.0 Å². The molecule has 0 aromatic rings. The van der Waals surface area contributed by atoms with Crippen molar-refractivity contribution in [3.05, 3.63) is 0 Å². The number of nitrogens with one attached hydrogen (secondary N) is 1. The first-order valence-corrected chi connectivity index (χ1v) is 7.29. The molecular weight excluding hydrogens is 240 g/mol. The molecule has 1 amide bonds. The second-order valence-corrected chi connectivity index (χ2v) is 6.58. The maximum Gasteiger partial charge on any atom is 0.233 e. The summed E-state index contributed by atoms with van der Waals surface area (Å²) in [6.07, 6.45) is 2.70. The number of thiocarbonyl (C=S) groups is 1. The fourth-order valence-corrected chi connectivity index (χ4v) is 4.01. The van der Waals surface area contributed by atoms with Gasteiger partial charge >= 0.3 is 0 Å². The van der Waals surface area contributed by atoms with E-state index < -0.39 is 5.41 Å². The molecule has 3 N–H and O–H groups in total. The highest BCUT2D eigenvalue weighted by atomic mass is 32.2. The van der Waals surface area contributed by atoms with E-state index in [0.29, 0.717) is 16.9 Å².